The number of hydrogen-bond acceptors (Lipinski definition) is 3. The molecule has 0 radical (unpaired) electrons. The number of nitrogens with one attached hydrogen (secondary N) is 1. The van der Waals surface area contributed by atoms with Crippen molar-refractivity contribution in [3.05, 3.63) is 54.1 Å². The van der Waals surface area contributed by atoms with Gasteiger partial charge in [0.2, 0.25) is 0 Å². The molecule has 0 aliphatic rings. The fourth-order valence-electron chi connectivity index (χ4n) is 1.77. The minimum absolute atomic E-state index is 0.190. The molecular weight excluding hydrogens is 281 g/mol. The summed E-state index contributed by atoms with van der Waals surface area (Å²) >= 11 is 0. The molecule has 0 heterocycles. The molecule has 0 spiro atoms. The first kappa shape index (κ1) is 14.2. The standard InChI is InChI=1S/C14H12FNO3S/c1-20(18,19)13-4-2-3-12(9-13)10-5-7-11(8-6-10)14(17)16-15/h2-9H,1H3,(H,16,17). The van der Waals surface area contributed by atoms with Gasteiger partial charge in [-0.15, -0.1) is 0 Å². The second kappa shape index (κ2) is 5.42. The van der Waals surface area contributed by atoms with Crippen molar-refractivity contribution in [1.29, 1.82) is 0 Å². The average Bonchev–Trinajstić information content (AvgIpc) is 2.46. The van der Waals surface area contributed by atoms with Crippen molar-refractivity contribution in [2.24, 2.45) is 0 Å². The highest BCUT2D eigenvalue weighted by Gasteiger charge is 2.09. The van der Waals surface area contributed by atoms with Crippen LogP contribution in [0.15, 0.2) is 53.4 Å². The molecule has 0 unspecified atom stereocenters. The predicted molar refractivity (Wildman–Crippen MR) is 73.6 cm³/mol. The van der Waals surface area contributed by atoms with Crippen molar-refractivity contribution in [3.63, 3.8) is 0 Å². The van der Waals surface area contributed by atoms with E-state index in [0.717, 1.165) is 17.4 Å². The third-order valence-corrected chi connectivity index (χ3v) is 3.94. The third kappa shape index (κ3) is 3.03. The Morgan fingerprint density at radius 2 is 1.70 bits per heavy atom. The van der Waals surface area contributed by atoms with Gasteiger partial charge in [0.1, 0.15) is 0 Å². The number of sulfone groups is 1. The fourth-order valence-corrected chi connectivity index (χ4v) is 2.44. The Morgan fingerprint density at radius 3 is 2.25 bits per heavy atom. The molecule has 0 saturated carbocycles. The summed E-state index contributed by atoms with van der Waals surface area (Å²) in [4.78, 5) is 11.3. The third-order valence-electron chi connectivity index (χ3n) is 2.83. The van der Waals surface area contributed by atoms with Crippen LogP contribution in [-0.4, -0.2) is 20.6 Å². The highest BCUT2D eigenvalue weighted by Crippen LogP contribution is 2.23. The highest BCUT2D eigenvalue weighted by molar-refractivity contribution is 7.90. The van der Waals surface area contributed by atoms with Crippen molar-refractivity contribution in [1.82, 2.24) is 5.54 Å². The number of carbonyl (C=O) groups excluding carboxylic acids is 1. The van der Waals surface area contributed by atoms with E-state index in [0.29, 0.717) is 5.56 Å². The van der Waals surface area contributed by atoms with E-state index in [1.54, 1.807) is 30.3 Å². The smallest absolute Gasteiger partial charge is 0.267 e. The van der Waals surface area contributed by atoms with Gasteiger partial charge in [-0.2, -0.15) is 5.54 Å². The van der Waals surface area contributed by atoms with E-state index in [4.69, 9.17) is 0 Å². The van der Waals surface area contributed by atoms with Crippen LogP contribution in [0.1, 0.15) is 10.4 Å². The van der Waals surface area contributed by atoms with Gasteiger partial charge in [0.15, 0.2) is 9.84 Å². The van der Waals surface area contributed by atoms with E-state index in [2.05, 4.69) is 0 Å². The van der Waals surface area contributed by atoms with Crippen LogP contribution in [-0.2, 0) is 9.84 Å². The topological polar surface area (TPSA) is 63.2 Å². The average molecular weight is 293 g/mol. The molecule has 4 nitrogen and oxygen atoms in total. The summed E-state index contributed by atoms with van der Waals surface area (Å²) in [6.07, 6.45) is 1.14. The van der Waals surface area contributed by atoms with Crippen LogP contribution in [0.4, 0.5) is 4.48 Å². The van der Waals surface area contributed by atoms with Crippen molar-refractivity contribution in [2.45, 2.75) is 4.90 Å². The lowest BCUT2D eigenvalue weighted by Gasteiger charge is -2.05. The lowest BCUT2D eigenvalue weighted by atomic mass is 10.0. The molecule has 0 aliphatic heterocycles. The molecule has 0 fully saturated rings. The van der Waals surface area contributed by atoms with E-state index in [-0.39, 0.29) is 10.5 Å². The molecule has 20 heavy (non-hydrogen) atoms. The Bertz CT molecular complexity index is 739. The van der Waals surface area contributed by atoms with Crippen LogP contribution < -0.4 is 5.54 Å². The molecule has 1 N–H and O–H groups in total. The maximum absolute atomic E-state index is 12.0. The second-order valence-electron chi connectivity index (χ2n) is 4.30. The van der Waals surface area contributed by atoms with Gasteiger partial charge in [0.25, 0.3) is 5.91 Å². The number of hydrogen-bond donors (Lipinski definition) is 1. The van der Waals surface area contributed by atoms with Gasteiger partial charge in [0, 0.05) is 11.8 Å². The van der Waals surface area contributed by atoms with Crippen molar-refractivity contribution >= 4 is 15.7 Å². The minimum Gasteiger partial charge on any atom is -0.267 e. The summed E-state index contributed by atoms with van der Waals surface area (Å²) < 4.78 is 35.0. The van der Waals surface area contributed by atoms with Gasteiger partial charge >= 0.3 is 0 Å². The summed E-state index contributed by atoms with van der Waals surface area (Å²) in [5.74, 6) is -0.818. The van der Waals surface area contributed by atoms with Crippen LogP contribution in [0.5, 0.6) is 0 Å². The van der Waals surface area contributed by atoms with Crippen molar-refractivity contribution < 1.29 is 17.7 Å². The Labute approximate surface area is 116 Å². The first-order chi connectivity index (χ1) is 9.41. The predicted octanol–water partition coefficient (Wildman–Crippen LogP) is 2.37. The quantitative estimate of drug-likeness (QED) is 0.884. The molecule has 0 aromatic heterocycles. The number of amides is 1. The molecule has 2 aromatic rings. The molecule has 6 heteroatoms. The van der Waals surface area contributed by atoms with E-state index >= 15 is 0 Å². The van der Waals surface area contributed by atoms with Crippen molar-refractivity contribution in [2.75, 3.05) is 6.26 Å². The largest absolute Gasteiger partial charge is 0.278 e. The number of carbonyl (C=O) groups is 1. The van der Waals surface area contributed by atoms with Gasteiger partial charge in [-0.3, -0.25) is 4.79 Å². The summed E-state index contributed by atoms with van der Waals surface area (Å²) in [6, 6.07) is 12.7. The van der Waals surface area contributed by atoms with Crippen LogP contribution >= 0.6 is 0 Å². The first-order valence-corrected chi connectivity index (χ1v) is 7.62. The van der Waals surface area contributed by atoms with Crippen LogP contribution in [0.3, 0.4) is 0 Å². The number of benzene rings is 2. The number of halogens is 1. The molecule has 104 valence electrons. The zero-order valence-corrected chi connectivity index (χ0v) is 11.4. The summed E-state index contributed by atoms with van der Waals surface area (Å²) in [5, 5.41) is 0. The minimum atomic E-state index is -3.27. The van der Waals surface area contributed by atoms with Gasteiger partial charge in [0.05, 0.1) is 4.90 Å². The van der Waals surface area contributed by atoms with Crippen molar-refractivity contribution in [3.8, 4) is 11.1 Å². The Morgan fingerprint density at radius 1 is 1.05 bits per heavy atom. The van der Waals surface area contributed by atoms with Gasteiger partial charge in [-0.05, 0) is 35.4 Å². The fraction of sp³-hybridized carbons (Fsp3) is 0.0714. The summed E-state index contributed by atoms with van der Waals surface area (Å²) in [5.41, 5.74) is 2.69. The van der Waals surface area contributed by atoms with Crippen LogP contribution in [0.2, 0.25) is 0 Å². The van der Waals surface area contributed by atoms with Gasteiger partial charge in [-0.25, -0.2) is 8.42 Å². The van der Waals surface area contributed by atoms with E-state index in [9.17, 15) is 17.7 Å². The molecule has 0 atom stereocenters. The lowest BCUT2D eigenvalue weighted by Crippen LogP contribution is -2.13. The Hall–Kier alpha value is -2.21. The monoisotopic (exact) mass is 293 g/mol. The molecular formula is C14H12FNO3S. The maximum atomic E-state index is 12.0. The van der Waals surface area contributed by atoms with Crippen LogP contribution in [0.25, 0.3) is 11.1 Å². The molecule has 0 bridgehead atoms. The zero-order chi connectivity index (χ0) is 14.8. The number of rotatable bonds is 3. The van der Waals surface area contributed by atoms with Gasteiger partial charge < -0.3 is 0 Å². The van der Waals surface area contributed by atoms with E-state index < -0.39 is 15.7 Å². The Balaban J connectivity index is 2.40. The van der Waals surface area contributed by atoms with E-state index in [1.807, 2.05) is 0 Å². The van der Waals surface area contributed by atoms with E-state index in [1.165, 1.54) is 18.2 Å². The summed E-state index contributed by atoms with van der Waals surface area (Å²) in [7, 11) is -3.27. The molecule has 1 amide bonds. The molecule has 0 saturated heterocycles. The van der Waals surface area contributed by atoms with Gasteiger partial charge in [-0.1, -0.05) is 28.7 Å². The first-order valence-electron chi connectivity index (χ1n) is 5.73. The second-order valence-corrected chi connectivity index (χ2v) is 6.32. The SMILES string of the molecule is CS(=O)(=O)c1cccc(-c2ccc(C(=O)NF)cc2)c1. The normalized spacial score (nSPS) is 11.1. The van der Waals surface area contributed by atoms with Crippen LogP contribution in [0, 0.1) is 0 Å². The molecule has 2 rings (SSSR count). The Kier molecular flexibility index (Phi) is 3.85. The highest BCUT2D eigenvalue weighted by atomic mass is 32.2. The molecule has 2 aromatic carbocycles. The zero-order valence-electron chi connectivity index (χ0n) is 10.6. The summed E-state index contributed by atoms with van der Waals surface area (Å²) in [6.45, 7) is 0. The molecule has 0 aliphatic carbocycles. The maximum Gasteiger partial charge on any atom is 0.278 e. The lowest BCUT2D eigenvalue weighted by molar-refractivity contribution is 0.0859.